The van der Waals surface area contributed by atoms with Crippen LogP contribution in [-0.4, -0.2) is 44.7 Å². The summed E-state index contributed by atoms with van der Waals surface area (Å²) in [5.74, 6) is 0.100. The average Bonchev–Trinajstić information content (AvgIpc) is 3.19. The number of methoxy groups -OCH3 is 2. The maximum atomic E-state index is 13.0. The largest absolute Gasteiger partial charge is 0.497 e. The van der Waals surface area contributed by atoms with Crippen molar-refractivity contribution >= 4 is 23.6 Å². The highest BCUT2D eigenvalue weighted by molar-refractivity contribution is 6.07. The molecule has 3 rings (SSSR count). The number of rotatable bonds is 6. The smallest absolute Gasteiger partial charge is 0.328 e. The van der Waals surface area contributed by atoms with Gasteiger partial charge in [0.05, 0.1) is 14.2 Å². The highest BCUT2D eigenvalue weighted by atomic mass is 16.5. The van der Waals surface area contributed by atoms with Crippen molar-refractivity contribution in [1.29, 1.82) is 0 Å². The number of carbonyl (C=O) groups excluding carboxylic acids is 3. The number of urea groups is 1. The van der Waals surface area contributed by atoms with Gasteiger partial charge in [-0.15, -0.1) is 0 Å². The molecule has 0 unspecified atom stereocenters. The Labute approximate surface area is 175 Å². The summed E-state index contributed by atoms with van der Waals surface area (Å²) in [6.45, 7) is 2.41. The molecule has 0 radical (unpaired) electrons. The van der Waals surface area contributed by atoms with Gasteiger partial charge in [-0.3, -0.25) is 4.79 Å². The summed E-state index contributed by atoms with van der Waals surface area (Å²) < 4.78 is 9.73. The second-order valence-corrected chi connectivity index (χ2v) is 6.97. The third-order valence-electron chi connectivity index (χ3n) is 4.98. The van der Waals surface area contributed by atoms with E-state index in [2.05, 4.69) is 15.4 Å². The van der Waals surface area contributed by atoms with Gasteiger partial charge in [-0.05, 0) is 54.8 Å². The fourth-order valence-corrected chi connectivity index (χ4v) is 3.30. The van der Waals surface area contributed by atoms with Crippen LogP contribution >= 0.6 is 0 Å². The number of anilines is 1. The first-order chi connectivity index (χ1) is 14.4. The Kier molecular flexibility index (Phi) is 6.56. The van der Waals surface area contributed by atoms with E-state index in [0.717, 1.165) is 23.2 Å². The summed E-state index contributed by atoms with van der Waals surface area (Å²) in [5, 5.41) is 5.22. The molecule has 1 atom stereocenters. The van der Waals surface area contributed by atoms with E-state index in [1.54, 1.807) is 43.2 Å². The number of benzene rings is 2. The fourth-order valence-electron chi connectivity index (χ4n) is 3.30. The molecule has 0 aliphatic carbocycles. The van der Waals surface area contributed by atoms with Gasteiger partial charge in [-0.1, -0.05) is 12.1 Å². The highest BCUT2D eigenvalue weighted by Gasteiger charge is 2.26. The SMILES string of the molecule is COC(=O)[C@H](C)NC(=O)NCc1ccc2c(c1)N(C(=O)c1ccc(OC)cc1)CC2. The van der Waals surface area contributed by atoms with Gasteiger partial charge in [0.2, 0.25) is 0 Å². The Bertz CT molecular complexity index is 942. The van der Waals surface area contributed by atoms with Gasteiger partial charge < -0.3 is 25.0 Å². The van der Waals surface area contributed by atoms with E-state index in [-0.39, 0.29) is 12.5 Å². The van der Waals surface area contributed by atoms with E-state index < -0.39 is 18.0 Å². The molecular weight excluding hydrogens is 386 g/mol. The lowest BCUT2D eigenvalue weighted by atomic mass is 10.1. The summed E-state index contributed by atoms with van der Waals surface area (Å²) >= 11 is 0. The topological polar surface area (TPSA) is 97.0 Å². The van der Waals surface area contributed by atoms with Gasteiger partial charge >= 0.3 is 12.0 Å². The standard InChI is InChI=1S/C22H25N3O5/c1-14(21(27)30-3)24-22(28)23-13-15-4-5-16-10-11-25(19(16)12-15)20(26)17-6-8-18(29-2)9-7-17/h4-9,12,14H,10-11,13H2,1-3H3,(H2,23,24,28)/t14-/m0/s1. The van der Waals surface area contributed by atoms with Gasteiger partial charge in [0.1, 0.15) is 11.8 Å². The Balaban J connectivity index is 1.66. The predicted molar refractivity (Wildman–Crippen MR) is 112 cm³/mol. The van der Waals surface area contributed by atoms with Gasteiger partial charge in [0.25, 0.3) is 5.91 Å². The molecule has 2 N–H and O–H groups in total. The lowest BCUT2D eigenvalue weighted by Crippen LogP contribution is -2.44. The number of nitrogens with one attached hydrogen (secondary N) is 2. The lowest BCUT2D eigenvalue weighted by molar-refractivity contribution is -0.142. The van der Waals surface area contributed by atoms with Crippen LogP contribution in [0.2, 0.25) is 0 Å². The van der Waals surface area contributed by atoms with E-state index in [0.29, 0.717) is 17.9 Å². The quantitative estimate of drug-likeness (QED) is 0.711. The minimum Gasteiger partial charge on any atom is -0.497 e. The molecule has 0 aromatic heterocycles. The number of hydrogen-bond acceptors (Lipinski definition) is 5. The van der Waals surface area contributed by atoms with Crippen molar-refractivity contribution in [3.05, 3.63) is 59.2 Å². The zero-order valence-corrected chi connectivity index (χ0v) is 17.2. The Morgan fingerprint density at radius 2 is 1.83 bits per heavy atom. The summed E-state index contributed by atoms with van der Waals surface area (Å²) in [4.78, 5) is 38.1. The molecule has 0 bridgehead atoms. The number of nitrogens with zero attached hydrogens (tertiary/aromatic N) is 1. The van der Waals surface area contributed by atoms with Gasteiger partial charge in [0.15, 0.2) is 0 Å². The Morgan fingerprint density at radius 1 is 1.10 bits per heavy atom. The van der Waals surface area contributed by atoms with Crippen LogP contribution in [0.5, 0.6) is 5.75 Å². The van der Waals surface area contributed by atoms with Crippen LogP contribution < -0.4 is 20.3 Å². The minimum atomic E-state index is -0.743. The molecule has 30 heavy (non-hydrogen) atoms. The first-order valence-electron chi connectivity index (χ1n) is 9.63. The molecule has 0 spiro atoms. The van der Waals surface area contributed by atoms with Gasteiger partial charge in [0, 0.05) is 24.3 Å². The Morgan fingerprint density at radius 3 is 2.50 bits per heavy atom. The van der Waals surface area contributed by atoms with Crippen LogP contribution in [0.3, 0.4) is 0 Å². The summed E-state index contributed by atoms with van der Waals surface area (Å²) in [7, 11) is 2.85. The number of carbonyl (C=O) groups is 3. The molecule has 2 aromatic carbocycles. The molecule has 158 valence electrons. The molecule has 8 heteroatoms. The normalized spacial score (nSPS) is 13.2. The Hall–Kier alpha value is -3.55. The molecular formula is C22H25N3O5. The molecule has 1 aliphatic heterocycles. The number of hydrogen-bond donors (Lipinski definition) is 2. The molecule has 0 saturated heterocycles. The zero-order chi connectivity index (χ0) is 21.7. The van der Waals surface area contributed by atoms with E-state index >= 15 is 0 Å². The van der Waals surface area contributed by atoms with Crippen molar-refractivity contribution in [3.8, 4) is 5.75 Å². The first kappa shape index (κ1) is 21.2. The molecule has 2 aromatic rings. The second-order valence-electron chi connectivity index (χ2n) is 6.97. The van der Waals surface area contributed by atoms with E-state index in [4.69, 9.17) is 4.74 Å². The van der Waals surface area contributed by atoms with Gasteiger partial charge in [-0.2, -0.15) is 0 Å². The third kappa shape index (κ3) is 4.71. The van der Waals surface area contributed by atoms with Crippen LogP contribution in [0.15, 0.2) is 42.5 Å². The second kappa shape index (κ2) is 9.30. The van der Waals surface area contributed by atoms with Crippen LogP contribution in [0.25, 0.3) is 0 Å². The minimum absolute atomic E-state index is 0.0776. The van der Waals surface area contributed by atoms with Crippen LogP contribution in [0.1, 0.15) is 28.4 Å². The summed E-state index contributed by atoms with van der Waals surface area (Å²) in [6, 6.07) is 11.6. The molecule has 1 aliphatic rings. The van der Waals surface area contributed by atoms with Crippen molar-refractivity contribution in [1.82, 2.24) is 10.6 Å². The fraction of sp³-hybridized carbons (Fsp3) is 0.318. The van der Waals surface area contributed by atoms with Crippen molar-refractivity contribution in [3.63, 3.8) is 0 Å². The summed E-state index contributed by atoms with van der Waals surface area (Å²) in [5.41, 5.74) is 3.37. The van der Waals surface area contributed by atoms with Crippen LogP contribution in [0.4, 0.5) is 10.5 Å². The van der Waals surface area contributed by atoms with Crippen molar-refractivity contribution in [2.24, 2.45) is 0 Å². The summed E-state index contributed by atoms with van der Waals surface area (Å²) in [6.07, 6.45) is 0.780. The number of fused-ring (bicyclic) bond motifs is 1. The predicted octanol–water partition coefficient (Wildman–Crippen LogP) is 2.26. The molecule has 3 amide bonds. The van der Waals surface area contributed by atoms with Crippen LogP contribution in [0, 0.1) is 0 Å². The van der Waals surface area contributed by atoms with E-state index in [1.807, 2.05) is 18.2 Å². The van der Waals surface area contributed by atoms with E-state index in [9.17, 15) is 14.4 Å². The van der Waals surface area contributed by atoms with Crippen molar-refractivity contribution < 1.29 is 23.9 Å². The maximum Gasteiger partial charge on any atom is 0.328 e. The molecule has 8 nitrogen and oxygen atoms in total. The third-order valence-corrected chi connectivity index (χ3v) is 4.98. The average molecular weight is 411 g/mol. The monoisotopic (exact) mass is 411 g/mol. The van der Waals surface area contributed by atoms with Crippen LogP contribution in [-0.2, 0) is 22.5 Å². The van der Waals surface area contributed by atoms with Crippen molar-refractivity contribution in [2.45, 2.75) is 25.9 Å². The number of amides is 3. The zero-order valence-electron chi connectivity index (χ0n) is 17.2. The molecule has 1 heterocycles. The van der Waals surface area contributed by atoms with Gasteiger partial charge in [-0.25, -0.2) is 9.59 Å². The first-order valence-corrected chi connectivity index (χ1v) is 9.63. The molecule has 0 saturated carbocycles. The highest BCUT2D eigenvalue weighted by Crippen LogP contribution is 2.30. The molecule has 0 fully saturated rings. The number of ether oxygens (including phenoxy) is 2. The van der Waals surface area contributed by atoms with Crippen molar-refractivity contribution in [2.75, 3.05) is 25.7 Å². The lowest BCUT2D eigenvalue weighted by Gasteiger charge is -2.18. The number of esters is 1. The maximum absolute atomic E-state index is 13.0. The van der Waals surface area contributed by atoms with E-state index in [1.165, 1.54) is 7.11 Å².